The normalized spacial score (nSPS) is 12.2. The van der Waals surface area contributed by atoms with Gasteiger partial charge in [-0.15, -0.1) is 0 Å². The van der Waals surface area contributed by atoms with Gasteiger partial charge < -0.3 is 10.1 Å². The fourth-order valence-electron chi connectivity index (χ4n) is 2.10. The van der Waals surface area contributed by atoms with Crippen LogP contribution in [0.4, 0.5) is 0 Å². The summed E-state index contributed by atoms with van der Waals surface area (Å²) in [6.45, 7) is 5.25. The largest absolute Gasteiger partial charge is 0.495 e. The minimum Gasteiger partial charge on any atom is -0.495 e. The molecular weight excluding hydrogens is 236 g/mol. The molecule has 3 nitrogen and oxygen atoms in total. The highest BCUT2D eigenvalue weighted by molar-refractivity contribution is 5.64. The van der Waals surface area contributed by atoms with Gasteiger partial charge in [0.05, 0.1) is 13.3 Å². The standard InChI is InChI=1S/C16H20N2O/c1-4-18-12(2)13-6-5-7-14(8-13)15-9-16(19-3)11-17-10-15/h5-12,18H,4H2,1-3H3. The van der Waals surface area contributed by atoms with Gasteiger partial charge in [0.25, 0.3) is 0 Å². The Morgan fingerprint density at radius 3 is 2.79 bits per heavy atom. The number of nitrogens with zero attached hydrogens (tertiary/aromatic N) is 1. The monoisotopic (exact) mass is 256 g/mol. The van der Waals surface area contributed by atoms with Crippen molar-refractivity contribution in [2.45, 2.75) is 19.9 Å². The van der Waals surface area contributed by atoms with Crippen LogP contribution in [0.25, 0.3) is 11.1 Å². The van der Waals surface area contributed by atoms with Gasteiger partial charge in [-0.25, -0.2) is 0 Å². The summed E-state index contributed by atoms with van der Waals surface area (Å²) < 4.78 is 5.22. The zero-order valence-corrected chi connectivity index (χ0v) is 11.7. The first-order chi connectivity index (χ1) is 9.24. The molecule has 0 amide bonds. The van der Waals surface area contributed by atoms with E-state index < -0.39 is 0 Å². The Bertz CT molecular complexity index is 540. The predicted octanol–water partition coefficient (Wildman–Crippen LogP) is 3.43. The van der Waals surface area contributed by atoms with Gasteiger partial charge in [-0.1, -0.05) is 25.1 Å². The maximum atomic E-state index is 5.22. The lowest BCUT2D eigenvalue weighted by Crippen LogP contribution is -2.17. The molecule has 1 heterocycles. The molecule has 0 aliphatic carbocycles. The first-order valence-corrected chi connectivity index (χ1v) is 6.57. The lowest BCUT2D eigenvalue weighted by Gasteiger charge is -2.14. The lowest BCUT2D eigenvalue weighted by molar-refractivity contribution is 0.413. The highest BCUT2D eigenvalue weighted by Gasteiger charge is 2.06. The maximum absolute atomic E-state index is 5.22. The molecule has 0 aliphatic rings. The van der Waals surface area contributed by atoms with Crippen LogP contribution in [-0.2, 0) is 0 Å². The Morgan fingerprint density at radius 1 is 1.21 bits per heavy atom. The molecule has 0 bridgehead atoms. The summed E-state index contributed by atoms with van der Waals surface area (Å²) in [7, 11) is 1.66. The molecule has 0 saturated carbocycles. The molecule has 0 radical (unpaired) electrons. The molecule has 0 saturated heterocycles. The lowest BCUT2D eigenvalue weighted by atomic mass is 10.0. The third-order valence-electron chi connectivity index (χ3n) is 3.18. The summed E-state index contributed by atoms with van der Waals surface area (Å²) in [5.41, 5.74) is 3.51. The maximum Gasteiger partial charge on any atom is 0.137 e. The fourth-order valence-corrected chi connectivity index (χ4v) is 2.10. The van der Waals surface area contributed by atoms with Gasteiger partial charge in [0.15, 0.2) is 0 Å². The number of methoxy groups -OCH3 is 1. The van der Waals surface area contributed by atoms with Gasteiger partial charge in [0, 0.05) is 17.8 Å². The van der Waals surface area contributed by atoms with E-state index in [9.17, 15) is 0 Å². The molecule has 1 atom stereocenters. The van der Waals surface area contributed by atoms with E-state index in [2.05, 4.69) is 48.4 Å². The van der Waals surface area contributed by atoms with Crippen LogP contribution in [0.15, 0.2) is 42.7 Å². The van der Waals surface area contributed by atoms with Crippen molar-refractivity contribution in [3.05, 3.63) is 48.3 Å². The van der Waals surface area contributed by atoms with Crippen LogP contribution >= 0.6 is 0 Å². The molecule has 0 aliphatic heterocycles. The minimum atomic E-state index is 0.350. The predicted molar refractivity (Wildman–Crippen MR) is 78.3 cm³/mol. The molecular formula is C16H20N2O. The molecule has 2 rings (SSSR count). The molecule has 19 heavy (non-hydrogen) atoms. The Balaban J connectivity index is 2.31. The summed E-state index contributed by atoms with van der Waals surface area (Å²) in [4.78, 5) is 4.20. The van der Waals surface area contributed by atoms with Crippen LogP contribution in [-0.4, -0.2) is 18.6 Å². The van der Waals surface area contributed by atoms with E-state index >= 15 is 0 Å². The number of pyridine rings is 1. The Morgan fingerprint density at radius 2 is 2.05 bits per heavy atom. The van der Waals surface area contributed by atoms with Crippen molar-refractivity contribution >= 4 is 0 Å². The van der Waals surface area contributed by atoms with E-state index in [1.54, 1.807) is 13.3 Å². The number of aromatic nitrogens is 1. The number of ether oxygens (including phenoxy) is 1. The minimum absolute atomic E-state index is 0.350. The van der Waals surface area contributed by atoms with Crippen molar-refractivity contribution in [3.63, 3.8) is 0 Å². The van der Waals surface area contributed by atoms with E-state index in [1.165, 1.54) is 5.56 Å². The van der Waals surface area contributed by atoms with E-state index in [0.29, 0.717) is 6.04 Å². The van der Waals surface area contributed by atoms with Crippen LogP contribution in [0.5, 0.6) is 5.75 Å². The number of benzene rings is 1. The quantitative estimate of drug-likeness (QED) is 0.890. The number of rotatable bonds is 5. The summed E-state index contributed by atoms with van der Waals surface area (Å²) in [6, 6.07) is 10.9. The molecule has 1 aromatic heterocycles. The van der Waals surface area contributed by atoms with Crippen molar-refractivity contribution in [2.24, 2.45) is 0 Å². The molecule has 1 N–H and O–H groups in total. The van der Waals surface area contributed by atoms with Crippen LogP contribution in [0.1, 0.15) is 25.5 Å². The topological polar surface area (TPSA) is 34.2 Å². The Kier molecular flexibility index (Phi) is 4.53. The van der Waals surface area contributed by atoms with E-state index in [1.807, 2.05) is 12.3 Å². The van der Waals surface area contributed by atoms with Crippen molar-refractivity contribution in [1.29, 1.82) is 0 Å². The first-order valence-electron chi connectivity index (χ1n) is 6.57. The molecule has 1 aromatic carbocycles. The highest BCUT2D eigenvalue weighted by Crippen LogP contribution is 2.25. The molecule has 1 unspecified atom stereocenters. The smallest absolute Gasteiger partial charge is 0.137 e. The third-order valence-corrected chi connectivity index (χ3v) is 3.18. The fraction of sp³-hybridized carbons (Fsp3) is 0.312. The van der Waals surface area contributed by atoms with Crippen LogP contribution in [0.3, 0.4) is 0 Å². The van der Waals surface area contributed by atoms with Gasteiger partial charge in [0.2, 0.25) is 0 Å². The zero-order valence-electron chi connectivity index (χ0n) is 11.7. The number of nitrogens with one attached hydrogen (secondary N) is 1. The third kappa shape index (κ3) is 3.32. The van der Waals surface area contributed by atoms with Crippen molar-refractivity contribution in [1.82, 2.24) is 10.3 Å². The van der Waals surface area contributed by atoms with Gasteiger partial charge >= 0.3 is 0 Å². The second-order valence-corrected chi connectivity index (χ2v) is 4.52. The molecule has 100 valence electrons. The number of hydrogen-bond donors (Lipinski definition) is 1. The van der Waals surface area contributed by atoms with E-state index in [4.69, 9.17) is 4.74 Å². The average Bonchev–Trinajstić information content (AvgIpc) is 2.48. The summed E-state index contributed by atoms with van der Waals surface area (Å²) >= 11 is 0. The van der Waals surface area contributed by atoms with Crippen LogP contribution in [0.2, 0.25) is 0 Å². The molecule has 3 heteroatoms. The van der Waals surface area contributed by atoms with Gasteiger partial charge in [0.1, 0.15) is 5.75 Å². The van der Waals surface area contributed by atoms with Crippen molar-refractivity contribution in [2.75, 3.05) is 13.7 Å². The SMILES string of the molecule is CCNC(C)c1cccc(-c2cncc(OC)c2)c1. The Labute approximate surface area is 114 Å². The first kappa shape index (κ1) is 13.6. The van der Waals surface area contributed by atoms with Crippen LogP contribution in [0, 0.1) is 0 Å². The molecule has 0 fully saturated rings. The average molecular weight is 256 g/mol. The van der Waals surface area contributed by atoms with Crippen LogP contribution < -0.4 is 10.1 Å². The second kappa shape index (κ2) is 6.34. The number of hydrogen-bond acceptors (Lipinski definition) is 3. The zero-order chi connectivity index (χ0) is 13.7. The summed E-state index contributed by atoms with van der Waals surface area (Å²) in [5.74, 6) is 0.780. The molecule has 0 spiro atoms. The van der Waals surface area contributed by atoms with Gasteiger partial charge in [-0.05, 0) is 36.7 Å². The van der Waals surface area contributed by atoms with E-state index in [0.717, 1.165) is 23.4 Å². The molecule has 2 aromatic rings. The highest BCUT2D eigenvalue weighted by atomic mass is 16.5. The summed E-state index contributed by atoms with van der Waals surface area (Å²) in [6.07, 6.45) is 3.58. The Hall–Kier alpha value is -1.87. The van der Waals surface area contributed by atoms with Crippen molar-refractivity contribution < 1.29 is 4.74 Å². The summed E-state index contributed by atoms with van der Waals surface area (Å²) in [5, 5.41) is 3.42. The van der Waals surface area contributed by atoms with E-state index in [-0.39, 0.29) is 0 Å². The second-order valence-electron chi connectivity index (χ2n) is 4.52. The van der Waals surface area contributed by atoms with Gasteiger partial charge in [-0.2, -0.15) is 0 Å². The van der Waals surface area contributed by atoms with Crippen molar-refractivity contribution in [3.8, 4) is 16.9 Å². The van der Waals surface area contributed by atoms with Gasteiger partial charge in [-0.3, -0.25) is 4.98 Å².